The molecule has 1 aromatic heterocycles. The van der Waals surface area contributed by atoms with Gasteiger partial charge < -0.3 is 15.0 Å². The van der Waals surface area contributed by atoms with E-state index in [2.05, 4.69) is 11.9 Å². The molecule has 1 aromatic carbocycles. The van der Waals surface area contributed by atoms with Crippen molar-refractivity contribution in [3.8, 4) is 0 Å². The van der Waals surface area contributed by atoms with Crippen LogP contribution in [-0.4, -0.2) is 51.1 Å². The summed E-state index contributed by atoms with van der Waals surface area (Å²) in [7, 11) is 0. The third-order valence-electron chi connectivity index (χ3n) is 6.27. The number of imide groups is 1. The van der Waals surface area contributed by atoms with E-state index in [1.54, 1.807) is 13.8 Å². The minimum Gasteiger partial charge on any atom is -0.396 e. The second-order valence-electron chi connectivity index (χ2n) is 9.09. The molecule has 0 unspecified atom stereocenters. The quantitative estimate of drug-likeness (QED) is 0.470. The van der Waals surface area contributed by atoms with E-state index < -0.39 is 11.8 Å². The summed E-state index contributed by atoms with van der Waals surface area (Å²) in [5.74, 6) is 0.311. The van der Waals surface area contributed by atoms with Gasteiger partial charge >= 0.3 is 0 Å². The molecule has 1 aliphatic rings. The van der Waals surface area contributed by atoms with Crippen molar-refractivity contribution in [1.29, 1.82) is 0 Å². The Kier molecular flexibility index (Phi) is 9.30. The summed E-state index contributed by atoms with van der Waals surface area (Å²) in [6.45, 7) is 8.27. The van der Waals surface area contributed by atoms with E-state index in [4.69, 9.17) is 16.6 Å². The van der Waals surface area contributed by atoms with Crippen molar-refractivity contribution in [2.24, 2.45) is 5.92 Å². The molecule has 0 spiro atoms. The molecule has 0 radical (unpaired) electrons. The average Bonchev–Trinajstić information content (AvgIpc) is 3.14. The van der Waals surface area contributed by atoms with Crippen LogP contribution in [-0.2, 0) is 11.3 Å². The average molecular weight is 487 g/mol. The lowest BCUT2D eigenvalue weighted by Gasteiger charge is -2.23. The zero-order chi connectivity index (χ0) is 24.7. The topological polar surface area (TPSA) is 87.5 Å². The van der Waals surface area contributed by atoms with Crippen molar-refractivity contribution < 1.29 is 14.7 Å². The number of aromatic nitrogens is 2. The molecule has 3 rings (SSSR count). The zero-order valence-corrected chi connectivity index (χ0v) is 20.9. The number of aliphatic hydroxyl groups is 1. The van der Waals surface area contributed by atoms with Gasteiger partial charge in [-0.05, 0) is 56.7 Å². The smallest absolute Gasteiger partial charge is 0.279 e. The largest absolute Gasteiger partial charge is 0.396 e. The lowest BCUT2D eigenvalue weighted by Crippen LogP contribution is -2.39. The van der Waals surface area contributed by atoms with Gasteiger partial charge in [0.05, 0.1) is 12.2 Å². The molecule has 1 aliphatic carbocycles. The van der Waals surface area contributed by atoms with Crippen LogP contribution in [0.25, 0.3) is 0 Å². The first-order valence-electron chi connectivity index (χ1n) is 12.0. The molecule has 7 nitrogen and oxygen atoms in total. The number of benzene rings is 1. The van der Waals surface area contributed by atoms with Gasteiger partial charge in [0.25, 0.3) is 11.8 Å². The predicted molar refractivity (Wildman–Crippen MR) is 135 cm³/mol. The standard InChI is InChI=1S/C26H35ClN4O3/c1-18(2)24(33)30(14-7-15-32)25(34)23-19(3)29-26(28-16-20-8-5-4-6-9-20)31(23)17-21-10-12-22(27)13-11-21/h10-13,20,32H,1,4-9,14-17H2,2-3H3,(H,28,29). The van der Waals surface area contributed by atoms with Gasteiger partial charge in [-0.3, -0.25) is 14.5 Å². The van der Waals surface area contributed by atoms with Crippen LogP contribution in [0.2, 0.25) is 5.02 Å². The Bertz CT molecular complexity index is 1010. The lowest BCUT2D eigenvalue weighted by atomic mass is 9.89. The van der Waals surface area contributed by atoms with E-state index in [1.807, 2.05) is 28.8 Å². The summed E-state index contributed by atoms with van der Waals surface area (Å²) in [4.78, 5) is 32.3. The van der Waals surface area contributed by atoms with Crippen LogP contribution < -0.4 is 5.32 Å². The van der Waals surface area contributed by atoms with Gasteiger partial charge in [0.1, 0.15) is 5.69 Å². The summed E-state index contributed by atoms with van der Waals surface area (Å²) in [5, 5.41) is 13.4. The van der Waals surface area contributed by atoms with Crippen LogP contribution in [0.4, 0.5) is 5.95 Å². The molecule has 184 valence electrons. The van der Waals surface area contributed by atoms with Crippen LogP contribution in [0.3, 0.4) is 0 Å². The Hall–Kier alpha value is -2.64. The number of carbonyl (C=O) groups is 2. The normalized spacial score (nSPS) is 14.1. The molecule has 2 N–H and O–H groups in total. The second-order valence-corrected chi connectivity index (χ2v) is 9.52. The number of aryl methyl sites for hydroxylation is 1. The van der Waals surface area contributed by atoms with Gasteiger partial charge in [-0.2, -0.15) is 0 Å². The van der Waals surface area contributed by atoms with Gasteiger partial charge in [-0.1, -0.05) is 49.6 Å². The zero-order valence-electron chi connectivity index (χ0n) is 20.1. The Morgan fingerprint density at radius 1 is 1.24 bits per heavy atom. The van der Waals surface area contributed by atoms with Gasteiger partial charge in [0.2, 0.25) is 5.95 Å². The van der Waals surface area contributed by atoms with Crippen molar-refractivity contribution in [2.45, 2.75) is 58.9 Å². The lowest BCUT2D eigenvalue weighted by molar-refractivity contribution is -0.124. The SMILES string of the molecule is C=C(C)C(=O)N(CCCO)C(=O)c1c(C)nc(NCC2CCCCC2)n1Cc1ccc(Cl)cc1. The molecular weight excluding hydrogens is 452 g/mol. The molecule has 8 heteroatoms. The molecule has 2 amide bonds. The Morgan fingerprint density at radius 3 is 2.53 bits per heavy atom. The first-order valence-corrected chi connectivity index (χ1v) is 12.4. The van der Waals surface area contributed by atoms with Gasteiger partial charge in [-0.15, -0.1) is 0 Å². The van der Waals surface area contributed by atoms with Crippen molar-refractivity contribution >= 4 is 29.4 Å². The van der Waals surface area contributed by atoms with Gasteiger partial charge in [0.15, 0.2) is 0 Å². The highest BCUT2D eigenvalue weighted by molar-refractivity contribution is 6.30. The number of amides is 2. The number of imidazole rings is 1. The molecule has 0 bridgehead atoms. The van der Waals surface area contributed by atoms with Crippen molar-refractivity contribution in [3.63, 3.8) is 0 Å². The highest BCUT2D eigenvalue weighted by atomic mass is 35.5. The summed E-state index contributed by atoms with van der Waals surface area (Å²) < 4.78 is 1.85. The number of aliphatic hydroxyl groups excluding tert-OH is 1. The summed E-state index contributed by atoms with van der Waals surface area (Å²) in [6, 6.07) is 7.46. The molecular formula is C26H35ClN4O3. The van der Waals surface area contributed by atoms with E-state index in [-0.39, 0.29) is 18.7 Å². The Labute approximate surface area is 206 Å². The molecule has 2 aromatic rings. The molecule has 0 aliphatic heterocycles. The number of hydrogen-bond acceptors (Lipinski definition) is 5. The first-order chi connectivity index (χ1) is 16.3. The maximum absolute atomic E-state index is 13.7. The van der Waals surface area contributed by atoms with E-state index >= 15 is 0 Å². The molecule has 1 fully saturated rings. The van der Waals surface area contributed by atoms with E-state index in [1.165, 1.54) is 32.1 Å². The monoisotopic (exact) mass is 486 g/mol. The second kappa shape index (κ2) is 12.2. The molecule has 1 saturated carbocycles. The van der Waals surface area contributed by atoms with Gasteiger partial charge in [-0.25, -0.2) is 4.98 Å². The summed E-state index contributed by atoms with van der Waals surface area (Å²) in [5.41, 5.74) is 2.13. The molecule has 0 atom stereocenters. The number of carbonyl (C=O) groups excluding carboxylic acids is 2. The highest BCUT2D eigenvalue weighted by Crippen LogP contribution is 2.26. The van der Waals surface area contributed by atoms with Crippen molar-refractivity contribution in [1.82, 2.24) is 14.5 Å². The van der Waals surface area contributed by atoms with Gasteiger partial charge in [0, 0.05) is 30.3 Å². The number of nitrogens with zero attached hydrogens (tertiary/aromatic N) is 3. The van der Waals surface area contributed by atoms with Crippen LogP contribution in [0.1, 0.15) is 67.2 Å². The number of hydrogen-bond donors (Lipinski definition) is 2. The summed E-state index contributed by atoms with van der Waals surface area (Å²) in [6.07, 6.45) is 6.46. The van der Waals surface area contributed by atoms with Crippen LogP contribution >= 0.6 is 11.6 Å². The molecule has 0 saturated heterocycles. The fourth-order valence-corrected chi connectivity index (χ4v) is 4.54. The number of nitrogens with one attached hydrogen (secondary N) is 1. The van der Waals surface area contributed by atoms with E-state index in [0.29, 0.717) is 41.2 Å². The maximum Gasteiger partial charge on any atom is 0.279 e. The Morgan fingerprint density at radius 2 is 1.91 bits per heavy atom. The highest BCUT2D eigenvalue weighted by Gasteiger charge is 2.29. The molecule has 1 heterocycles. The van der Waals surface area contributed by atoms with Crippen LogP contribution in [0.5, 0.6) is 0 Å². The number of halogens is 1. The third-order valence-corrected chi connectivity index (χ3v) is 6.52. The fraction of sp³-hybridized carbons (Fsp3) is 0.500. The molecule has 34 heavy (non-hydrogen) atoms. The maximum atomic E-state index is 13.7. The van der Waals surface area contributed by atoms with E-state index in [9.17, 15) is 14.7 Å². The Balaban J connectivity index is 1.96. The third kappa shape index (κ3) is 6.48. The van der Waals surface area contributed by atoms with Crippen LogP contribution in [0.15, 0.2) is 36.4 Å². The number of anilines is 1. The van der Waals surface area contributed by atoms with E-state index in [0.717, 1.165) is 17.0 Å². The van der Waals surface area contributed by atoms with Crippen molar-refractivity contribution in [3.05, 3.63) is 58.4 Å². The minimum atomic E-state index is -0.450. The predicted octanol–water partition coefficient (Wildman–Crippen LogP) is 4.81. The summed E-state index contributed by atoms with van der Waals surface area (Å²) >= 11 is 6.06. The van der Waals surface area contributed by atoms with Crippen molar-refractivity contribution in [2.75, 3.05) is 25.0 Å². The fourth-order valence-electron chi connectivity index (χ4n) is 4.41. The minimum absolute atomic E-state index is 0.109. The van der Waals surface area contributed by atoms with Crippen LogP contribution in [0, 0.1) is 12.8 Å². The first kappa shape index (κ1) is 26.0. The number of rotatable bonds is 10.